The van der Waals surface area contributed by atoms with Crippen molar-refractivity contribution in [3.05, 3.63) is 65.5 Å². The molecule has 16 heteroatoms. The van der Waals surface area contributed by atoms with Gasteiger partial charge in [-0.3, -0.25) is 9.71 Å². The number of ether oxygens (including phenoxy) is 3. The number of benzene rings is 1. The monoisotopic (exact) mass is 633 g/mol. The summed E-state index contributed by atoms with van der Waals surface area (Å²) in [5.74, 6) is 0.417. The van der Waals surface area contributed by atoms with Crippen LogP contribution in [0.3, 0.4) is 0 Å². The normalized spacial score (nSPS) is 11.7. The number of pyridine rings is 2. The van der Waals surface area contributed by atoms with E-state index in [4.69, 9.17) is 14.2 Å². The summed E-state index contributed by atoms with van der Waals surface area (Å²) in [6.45, 7) is 8.13. The number of hydrogen-bond acceptors (Lipinski definition) is 13. The van der Waals surface area contributed by atoms with E-state index in [2.05, 4.69) is 45.3 Å². The van der Waals surface area contributed by atoms with Crippen molar-refractivity contribution in [1.82, 2.24) is 40.6 Å². The summed E-state index contributed by atoms with van der Waals surface area (Å²) in [6.07, 6.45) is 2.96. The van der Waals surface area contributed by atoms with E-state index in [1.54, 1.807) is 64.1 Å². The number of aliphatic hydroxyl groups is 1. The van der Waals surface area contributed by atoms with Crippen molar-refractivity contribution < 1.29 is 27.7 Å². The van der Waals surface area contributed by atoms with E-state index in [1.165, 1.54) is 19.5 Å². The molecule has 234 valence electrons. The Morgan fingerprint density at radius 1 is 1.02 bits per heavy atom. The maximum atomic E-state index is 13.8. The van der Waals surface area contributed by atoms with Crippen molar-refractivity contribution in [3.8, 4) is 46.0 Å². The highest BCUT2D eigenvalue weighted by Crippen LogP contribution is 2.43. The highest BCUT2D eigenvalue weighted by molar-refractivity contribution is 7.92. The summed E-state index contributed by atoms with van der Waals surface area (Å²) in [6, 6.07) is 10.2. The van der Waals surface area contributed by atoms with Crippen LogP contribution < -0.4 is 18.9 Å². The van der Waals surface area contributed by atoms with E-state index in [0.717, 1.165) is 5.56 Å². The zero-order chi connectivity index (χ0) is 32.4. The van der Waals surface area contributed by atoms with Gasteiger partial charge in [-0.2, -0.15) is 13.4 Å². The number of aryl methyl sites for hydroxylation is 3. The summed E-state index contributed by atoms with van der Waals surface area (Å²) in [5, 5.41) is 24.0. The Morgan fingerprint density at radius 3 is 2.51 bits per heavy atom. The number of anilines is 1. The van der Waals surface area contributed by atoms with Crippen LogP contribution in [0.5, 0.6) is 23.1 Å². The molecule has 0 saturated heterocycles. The van der Waals surface area contributed by atoms with Crippen molar-refractivity contribution in [2.24, 2.45) is 0 Å². The lowest BCUT2D eigenvalue weighted by atomic mass is 10.2. The molecule has 0 radical (unpaired) electrons. The van der Waals surface area contributed by atoms with Gasteiger partial charge in [-0.1, -0.05) is 18.2 Å². The maximum Gasteiger partial charge on any atom is 0.280 e. The lowest BCUT2D eigenvalue weighted by Crippen LogP contribution is -2.28. The van der Waals surface area contributed by atoms with E-state index in [0.29, 0.717) is 34.0 Å². The van der Waals surface area contributed by atoms with Crippen molar-refractivity contribution in [3.63, 3.8) is 0 Å². The van der Waals surface area contributed by atoms with Gasteiger partial charge in [0.25, 0.3) is 15.9 Å². The number of nitrogens with zero attached hydrogens (tertiary/aromatic N) is 7. The Labute approximate surface area is 259 Å². The van der Waals surface area contributed by atoms with E-state index in [9.17, 15) is 13.5 Å². The van der Waals surface area contributed by atoms with Crippen molar-refractivity contribution in [2.45, 2.75) is 45.2 Å². The summed E-state index contributed by atoms with van der Waals surface area (Å²) in [7, 11) is -2.84. The third-order valence-electron chi connectivity index (χ3n) is 6.26. The Kier molecular flexibility index (Phi) is 8.61. The SMILES string of the molecule is COc1cccc(C)c1Oc1c(NS(=O)(=O)c2ncc(C)cc2C)nc(-c2ccnc(-c3nnn[nH]3)c2)nc1OCC(C)(C)O. The largest absolute Gasteiger partial charge is 0.493 e. The Morgan fingerprint density at radius 2 is 1.82 bits per heavy atom. The number of para-hydroxylation sites is 1. The standard InChI is InChI=1S/C29H31N9O6S/c1-16-12-18(3)28(31-14-16)45(40,41)36-26-23(44-22-17(2)8-7-9-21(22)42-6)27(43-15-29(4,5)39)33-24(32-26)19-10-11-30-20(13-19)25-34-37-38-35-25/h7-14,39H,15H2,1-6H3,(H,32,33,36)(H,34,35,37,38). The van der Waals surface area contributed by atoms with Crippen LogP contribution >= 0.6 is 0 Å². The fourth-order valence-corrected chi connectivity index (χ4v) is 5.37. The first kappa shape index (κ1) is 31.2. The third-order valence-corrected chi connectivity index (χ3v) is 7.65. The van der Waals surface area contributed by atoms with Crippen molar-refractivity contribution in [1.29, 1.82) is 0 Å². The van der Waals surface area contributed by atoms with E-state index >= 15 is 0 Å². The summed E-state index contributed by atoms with van der Waals surface area (Å²) in [4.78, 5) is 17.6. The highest BCUT2D eigenvalue weighted by atomic mass is 32.2. The number of sulfonamides is 1. The molecule has 0 aliphatic carbocycles. The zero-order valence-corrected chi connectivity index (χ0v) is 26.2. The molecule has 1 aromatic carbocycles. The number of aromatic nitrogens is 8. The molecule has 0 aliphatic rings. The quantitative estimate of drug-likeness (QED) is 0.190. The highest BCUT2D eigenvalue weighted by Gasteiger charge is 2.28. The molecule has 4 heterocycles. The number of tetrazole rings is 1. The molecule has 0 saturated carbocycles. The van der Waals surface area contributed by atoms with E-state index in [-0.39, 0.29) is 40.7 Å². The van der Waals surface area contributed by atoms with Gasteiger partial charge in [0.15, 0.2) is 34.0 Å². The van der Waals surface area contributed by atoms with Gasteiger partial charge >= 0.3 is 0 Å². The molecular formula is C29H31N9O6S. The van der Waals surface area contributed by atoms with Crippen LogP contribution in [-0.4, -0.2) is 73.4 Å². The van der Waals surface area contributed by atoms with Crippen LogP contribution in [0.15, 0.2) is 53.8 Å². The average Bonchev–Trinajstić information content (AvgIpc) is 3.52. The number of hydrogen-bond donors (Lipinski definition) is 3. The van der Waals surface area contributed by atoms with Crippen molar-refractivity contribution in [2.75, 3.05) is 18.4 Å². The minimum absolute atomic E-state index is 0.0484. The molecule has 45 heavy (non-hydrogen) atoms. The van der Waals surface area contributed by atoms with Gasteiger partial charge in [0, 0.05) is 18.0 Å². The van der Waals surface area contributed by atoms with Gasteiger partial charge in [0.1, 0.15) is 12.3 Å². The van der Waals surface area contributed by atoms with Gasteiger partial charge in [-0.05, 0) is 79.9 Å². The Hall–Kier alpha value is -5.22. The molecule has 0 bridgehead atoms. The summed E-state index contributed by atoms with van der Waals surface area (Å²) < 4.78 is 47.9. The second-order valence-electron chi connectivity index (χ2n) is 10.8. The molecule has 4 aromatic heterocycles. The van der Waals surface area contributed by atoms with E-state index in [1.807, 2.05) is 6.92 Å². The van der Waals surface area contributed by atoms with Crippen molar-refractivity contribution >= 4 is 15.8 Å². The molecule has 0 atom stereocenters. The lowest BCUT2D eigenvalue weighted by Gasteiger charge is -2.22. The molecule has 0 aliphatic heterocycles. The van der Waals surface area contributed by atoms with Gasteiger partial charge in [-0.15, -0.1) is 5.10 Å². The molecule has 0 amide bonds. The molecule has 0 unspecified atom stereocenters. The van der Waals surface area contributed by atoms with Crippen LogP contribution in [0.2, 0.25) is 0 Å². The Balaban J connectivity index is 1.73. The van der Waals surface area contributed by atoms with Gasteiger partial charge in [-0.25, -0.2) is 15.1 Å². The number of methoxy groups -OCH3 is 1. The molecule has 5 rings (SSSR count). The predicted octanol–water partition coefficient (Wildman–Crippen LogP) is 3.79. The minimum atomic E-state index is -4.32. The lowest BCUT2D eigenvalue weighted by molar-refractivity contribution is 0.0260. The first-order valence-electron chi connectivity index (χ1n) is 13.6. The van der Waals surface area contributed by atoms with Crippen LogP contribution in [-0.2, 0) is 10.0 Å². The molecule has 15 nitrogen and oxygen atoms in total. The van der Waals surface area contributed by atoms with Crippen LogP contribution in [0, 0.1) is 20.8 Å². The molecular weight excluding hydrogens is 602 g/mol. The smallest absolute Gasteiger partial charge is 0.280 e. The first-order chi connectivity index (χ1) is 21.3. The average molecular weight is 634 g/mol. The Bertz CT molecular complexity index is 1940. The second kappa shape index (κ2) is 12.4. The molecule has 0 fully saturated rings. The minimum Gasteiger partial charge on any atom is -0.493 e. The third kappa shape index (κ3) is 7.13. The van der Waals surface area contributed by atoms with Crippen LogP contribution in [0.4, 0.5) is 5.82 Å². The van der Waals surface area contributed by atoms with Crippen LogP contribution in [0.25, 0.3) is 22.9 Å². The maximum absolute atomic E-state index is 13.8. The summed E-state index contributed by atoms with van der Waals surface area (Å²) in [5.41, 5.74) is 1.42. The number of rotatable bonds is 11. The van der Waals surface area contributed by atoms with Gasteiger partial charge in [0.2, 0.25) is 5.75 Å². The molecule has 5 aromatic rings. The van der Waals surface area contributed by atoms with E-state index < -0.39 is 15.6 Å². The topological polar surface area (TPSA) is 200 Å². The number of H-pyrrole nitrogens is 1. The van der Waals surface area contributed by atoms with Crippen LogP contribution in [0.1, 0.15) is 30.5 Å². The predicted molar refractivity (Wildman–Crippen MR) is 163 cm³/mol. The fraction of sp³-hybridized carbons (Fsp3) is 0.276. The van der Waals surface area contributed by atoms with Gasteiger partial charge < -0.3 is 19.3 Å². The molecule has 3 N–H and O–H groups in total. The molecule has 0 spiro atoms. The first-order valence-corrected chi connectivity index (χ1v) is 15.1. The zero-order valence-electron chi connectivity index (χ0n) is 25.4. The second-order valence-corrected chi connectivity index (χ2v) is 12.4. The van der Waals surface area contributed by atoms with Gasteiger partial charge in [0.05, 0.1) is 12.7 Å². The number of nitrogens with one attached hydrogen (secondary N) is 2. The number of aromatic amines is 1. The summed E-state index contributed by atoms with van der Waals surface area (Å²) >= 11 is 0. The fourth-order valence-electron chi connectivity index (χ4n) is 4.21.